The van der Waals surface area contributed by atoms with Crippen LogP contribution in [-0.2, 0) is 6.29 Å². The highest BCUT2D eigenvalue weighted by atomic mass is 35.5. The van der Waals surface area contributed by atoms with Gasteiger partial charge in [0.15, 0.2) is 11.2 Å². The fourth-order valence-corrected chi connectivity index (χ4v) is 1.76. The van der Waals surface area contributed by atoms with Crippen molar-refractivity contribution in [3.05, 3.63) is 11.6 Å². The lowest BCUT2D eigenvalue weighted by Gasteiger charge is -2.09. The van der Waals surface area contributed by atoms with Crippen molar-refractivity contribution in [3.63, 3.8) is 0 Å². The molecule has 0 spiro atoms. The number of aromatic nitrogens is 4. The Kier molecular flexibility index (Phi) is 3.26. The molecule has 0 aromatic carbocycles. The maximum atomic E-state index is 5.84. The van der Waals surface area contributed by atoms with E-state index >= 15 is 0 Å². The van der Waals surface area contributed by atoms with Crippen molar-refractivity contribution >= 4 is 32.0 Å². The fourth-order valence-electron chi connectivity index (χ4n) is 1.33. The highest BCUT2D eigenvalue weighted by Crippen LogP contribution is 2.23. The van der Waals surface area contributed by atoms with Gasteiger partial charge < -0.3 is 9.30 Å². The molecule has 7 heteroatoms. The molecule has 2 aromatic rings. The van der Waals surface area contributed by atoms with Crippen LogP contribution in [-0.4, -0.2) is 25.6 Å². The number of ether oxygens (including phenoxy) is 1. The molecular formula is C9H12ClN4OP. The smallest absolute Gasteiger partial charge is 0.247 e. The van der Waals surface area contributed by atoms with E-state index in [4.69, 9.17) is 16.3 Å². The molecule has 0 aliphatic heterocycles. The summed E-state index contributed by atoms with van der Waals surface area (Å²) in [5, 5.41) is 0.170. The van der Waals surface area contributed by atoms with Crippen molar-refractivity contribution < 1.29 is 4.74 Å². The zero-order valence-corrected chi connectivity index (χ0v) is 10.9. The van der Waals surface area contributed by atoms with E-state index in [9.17, 15) is 0 Å². The van der Waals surface area contributed by atoms with Crippen molar-refractivity contribution in [2.75, 3.05) is 0 Å². The molecule has 2 heterocycles. The molecule has 2 rings (SSSR count). The van der Waals surface area contributed by atoms with E-state index in [1.165, 1.54) is 0 Å². The Morgan fingerprint density at radius 2 is 2.25 bits per heavy atom. The van der Waals surface area contributed by atoms with Crippen LogP contribution in [0.3, 0.4) is 0 Å². The largest absolute Gasteiger partial charge is 0.473 e. The second kappa shape index (κ2) is 4.52. The Morgan fingerprint density at radius 3 is 2.88 bits per heavy atom. The van der Waals surface area contributed by atoms with Crippen LogP contribution in [0.25, 0.3) is 11.2 Å². The topological polar surface area (TPSA) is 52.8 Å². The maximum absolute atomic E-state index is 5.84. The first-order valence-corrected chi connectivity index (χ1v) is 6.06. The molecule has 0 N–H and O–H groups in total. The van der Waals surface area contributed by atoms with E-state index in [2.05, 4.69) is 24.2 Å². The highest BCUT2D eigenvalue weighted by molar-refractivity contribution is 7.15. The molecule has 1 unspecified atom stereocenters. The predicted octanol–water partition coefficient (Wildman–Crippen LogP) is 2.10. The second-order valence-corrected chi connectivity index (χ2v) is 4.24. The van der Waals surface area contributed by atoms with Gasteiger partial charge in [0.25, 0.3) is 0 Å². The molecule has 0 saturated heterocycles. The zero-order chi connectivity index (χ0) is 11.7. The molecule has 16 heavy (non-hydrogen) atoms. The van der Waals surface area contributed by atoms with E-state index in [-0.39, 0.29) is 11.4 Å². The van der Waals surface area contributed by atoms with Crippen LogP contribution in [0.2, 0.25) is 5.28 Å². The van der Waals surface area contributed by atoms with Gasteiger partial charge >= 0.3 is 0 Å². The second-order valence-electron chi connectivity index (χ2n) is 3.53. The Balaban J connectivity index is 2.60. The number of hydrogen-bond acceptors (Lipinski definition) is 4. The van der Waals surface area contributed by atoms with Crippen LogP contribution in [0.1, 0.15) is 13.8 Å². The molecule has 0 aliphatic carbocycles. The standard InChI is InChI=1S/C9H12ClN4OP/c1-5(2)15-8-6-7(12-9(10)13-8)14(4-16)3-11-6/h3,5H,4,16H2,1-2H3. The molecule has 1 atom stereocenters. The minimum absolute atomic E-state index is 0.0234. The molecule has 5 nitrogen and oxygen atoms in total. The summed E-state index contributed by atoms with van der Waals surface area (Å²) >= 11 is 5.84. The quantitative estimate of drug-likeness (QED) is 0.625. The van der Waals surface area contributed by atoms with Crippen LogP contribution < -0.4 is 4.74 Å². The lowest BCUT2D eigenvalue weighted by molar-refractivity contribution is 0.235. The summed E-state index contributed by atoms with van der Waals surface area (Å²) in [6.45, 7) is 3.85. The lowest BCUT2D eigenvalue weighted by atomic mass is 10.4. The molecule has 0 aliphatic rings. The fraction of sp³-hybridized carbons (Fsp3) is 0.444. The Hall–Kier alpha value is -0.930. The molecule has 0 fully saturated rings. The molecule has 0 radical (unpaired) electrons. The van der Waals surface area contributed by atoms with Gasteiger partial charge in [0, 0.05) is 6.29 Å². The first-order valence-electron chi connectivity index (χ1n) is 4.87. The van der Waals surface area contributed by atoms with E-state index in [1.807, 2.05) is 18.4 Å². The molecule has 0 amide bonds. The average molecular weight is 259 g/mol. The number of halogens is 1. The van der Waals surface area contributed by atoms with E-state index in [0.29, 0.717) is 23.3 Å². The third kappa shape index (κ3) is 2.11. The van der Waals surface area contributed by atoms with Crippen LogP contribution in [0.5, 0.6) is 5.88 Å². The average Bonchev–Trinajstić information content (AvgIpc) is 2.59. The normalized spacial score (nSPS) is 11.3. The van der Waals surface area contributed by atoms with Crippen molar-refractivity contribution in [1.82, 2.24) is 19.5 Å². The van der Waals surface area contributed by atoms with Gasteiger partial charge in [-0.2, -0.15) is 9.97 Å². The molecular weight excluding hydrogens is 247 g/mol. The molecule has 0 bridgehead atoms. The summed E-state index contributed by atoms with van der Waals surface area (Å²) in [5.74, 6) is 0.433. The van der Waals surface area contributed by atoms with E-state index < -0.39 is 0 Å². The van der Waals surface area contributed by atoms with Gasteiger partial charge in [0.2, 0.25) is 11.2 Å². The monoisotopic (exact) mass is 258 g/mol. The summed E-state index contributed by atoms with van der Waals surface area (Å²) in [6, 6.07) is 0. The molecule has 86 valence electrons. The number of rotatable bonds is 3. The summed E-state index contributed by atoms with van der Waals surface area (Å²) < 4.78 is 7.41. The van der Waals surface area contributed by atoms with Gasteiger partial charge in [0.05, 0.1) is 12.4 Å². The van der Waals surface area contributed by atoms with Gasteiger partial charge in [-0.25, -0.2) is 4.98 Å². The summed E-state index contributed by atoms with van der Waals surface area (Å²) in [6.07, 6.45) is 2.41. The minimum Gasteiger partial charge on any atom is -0.473 e. The first kappa shape index (κ1) is 11.6. The van der Waals surface area contributed by atoms with Gasteiger partial charge in [-0.1, -0.05) is 0 Å². The van der Waals surface area contributed by atoms with Crippen molar-refractivity contribution in [1.29, 1.82) is 0 Å². The number of hydrogen-bond donors (Lipinski definition) is 0. The number of nitrogens with zero attached hydrogens (tertiary/aromatic N) is 4. The zero-order valence-electron chi connectivity index (χ0n) is 9.01. The molecule has 0 saturated carbocycles. The third-order valence-electron chi connectivity index (χ3n) is 1.95. The van der Waals surface area contributed by atoms with Gasteiger partial charge in [-0.15, -0.1) is 9.24 Å². The SMILES string of the molecule is CC(C)Oc1nc(Cl)nc2c1ncn2CP. The van der Waals surface area contributed by atoms with Crippen LogP contribution >= 0.6 is 20.8 Å². The van der Waals surface area contributed by atoms with Crippen LogP contribution in [0, 0.1) is 0 Å². The minimum atomic E-state index is 0.0234. The van der Waals surface area contributed by atoms with Crippen LogP contribution in [0.4, 0.5) is 0 Å². The van der Waals surface area contributed by atoms with Crippen molar-refractivity contribution in [3.8, 4) is 5.88 Å². The van der Waals surface area contributed by atoms with E-state index in [0.717, 1.165) is 0 Å². The maximum Gasteiger partial charge on any atom is 0.247 e. The van der Waals surface area contributed by atoms with Gasteiger partial charge in [-0.05, 0) is 25.4 Å². The van der Waals surface area contributed by atoms with Gasteiger partial charge in [0.1, 0.15) is 0 Å². The predicted molar refractivity (Wildman–Crippen MR) is 65.8 cm³/mol. The Labute approximate surface area is 100 Å². The lowest BCUT2D eigenvalue weighted by Crippen LogP contribution is -2.08. The van der Waals surface area contributed by atoms with Crippen molar-refractivity contribution in [2.24, 2.45) is 0 Å². The van der Waals surface area contributed by atoms with Crippen LogP contribution in [0.15, 0.2) is 6.33 Å². The number of fused-ring (bicyclic) bond motifs is 1. The Morgan fingerprint density at radius 1 is 1.50 bits per heavy atom. The highest BCUT2D eigenvalue weighted by Gasteiger charge is 2.13. The number of imidazole rings is 1. The summed E-state index contributed by atoms with van der Waals surface area (Å²) in [7, 11) is 2.60. The third-order valence-corrected chi connectivity index (χ3v) is 2.51. The van der Waals surface area contributed by atoms with Crippen molar-refractivity contribution in [2.45, 2.75) is 26.2 Å². The first-order chi connectivity index (χ1) is 7.61. The molecule has 2 aromatic heterocycles. The summed E-state index contributed by atoms with van der Waals surface area (Å²) in [5.41, 5.74) is 1.33. The van der Waals surface area contributed by atoms with Gasteiger partial charge in [-0.3, -0.25) is 0 Å². The Bertz CT molecular complexity index is 513. The summed E-state index contributed by atoms with van der Waals surface area (Å²) in [4.78, 5) is 12.4. The van der Waals surface area contributed by atoms with E-state index in [1.54, 1.807) is 6.33 Å².